The van der Waals surface area contributed by atoms with Crippen molar-refractivity contribution < 1.29 is 34.8 Å². The highest BCUT2D eigenvalue weighted by molar-refractivity contribution is 7.87. The van der Waals surface area contributed by atoms with Gasteiger partial charge in [-0.15, -0.1) is 0 Å². The molecule has 0 radical (unpaired) electrons. The van der Waals surface area contributed by atoms with E-state index in [1.165, 1.54) is 61.0 Å². The molecule has 2 aliphatic carbocycles. The lowest BCUT2D eigenvalue weighted by Gasteiger charge is -2.14. The summed E-state index contributed by atoms with van der Waals surface area (Å²) in [5, 5.41) is 9.58. The molecule has 0 saturated heterocycles. The fraction of sp³-hybridized carbons (Fsp3) is 0.216. The summed E-state index contributed by atoms with van der Waals surface area (Å²) < 4.78 is 63.3. The van der Waals surface area contributed by atoms with Crippen molar-refractivity contribution in [1.29, 1.82) is 0 Å². The lowest BCUT2D eigenvalue weighted by molar-refractivity contribution is -0.116. The molecule has 2 fully saturated rings. The van der Waals surface area contributed by atoms with Crippen molar-refractivity contribution in [2.24, 2.45) is 0 Å². The number of benzene rings is 6. The molecular formula is C51H50N8O8S2. The molecule has 6 aromatic carbocycles. The van der Waals surface area contributed by atoms with Crippen molar-refractivity contribution in [3.05, 3.63) is 163 Å². The van der Waals surface area contributed by atoms with Crippen LogP contribution in [0.1, 0.15) is 67.3 Å². The van der Waals surface area contributed by atoms with E-state index in [2.05, 4.69) is 36.3 Å². The summed E-state index contributed by atoms with van der Waals surface area (Å²) in [6.45, 7) is 0. The van der Waals surface area contributed by atoms with Gasteiger partial charge < -0.3 is 24.0 Å². The number of carbonyl (C=O) groups excluding carboxylic acids is 2. The van der Waals surface area contributed by atoms with Crippen molar-refractivity contribution in [2.45, 2.75) is 79.7 Å². The van der Waals surface area contributed by atoms with Crippen LogP contribution in [0.15, 0.2) is 162 Å². The standard InChI is InChI=1S/C26H26N4O4S.C25H24N4O4S/c31-26(16-19-6-2-1-3-7-19)29-30-18-27-24-17-22(12-15-25(24)30)34-35(32,33)23-13-10-21(11-14-23)28-20-8-4-5-9-20;30-24(17-6-2-1-3-7-17)29-25-27-22-15-12-20(16-23(22)28-25)33-34(31,32)21-13-10-19(11-14-21)26-18-8-4-5-9-18/h1-3,6-7,10-15,17-18,20,28H,4-5,8-9,16H2,(H,29,31);1-3,6-7,10-16,18,26H,4-5,8-9H2,(H2,27,28,29,30). The van der Waals surface area contributed by atoms with Gasteiger partial charge in [-0.3, -0.25) is 20.3 Å². The smallest absolute Gasteiger partial charge is 0.339 e. The molecule has 18 heteroatoms. The van der Waals surface area contributed by atoms with Gasteiger partial charge in [-0.05, 0) is 116 Å². The van der Waals surface area contributed by atoms with E-state index in [-0.39, 0.29) is 45.5 Å². The predicted octanol–water partition coefficient (Wildman–Crippen LogP) is 9.41. The second-order valence-corrected chi connectivity index (χ2v) is 20.0. The lowest BCUT2D eigenvalue weighted by Crippen LogP contribution is -2.23. The molecule has 5 N–H and O–H groups in total. The Hall–Kier alpha value is -7.70. The summed E-state index contributed by atoms with van der Waals surface area (Å²) >= 11 is 0. The van der Waals surface area contributed by atoms with Crippen LogP contribution in [-0.4, -0.2) is 60.4 Å². The topological polar surface area (TPSA) is 215 Å². The number of imidazole rings is 2. The van der Waals surface area contributed by atoms with Gasteiger partial charge in [0.1, 0.15) is 27.6 Å². The number of H-pyrrole nitrogens is 1. The number of amides is 2. The van der Waals surface area contributed by atoms with Gasteiger partial charge in [0, 0.05) is 41.2 Å². The van der Waals surface area contributed by atoms with E-state index in [1.54, 1.807) is 84.9 Å². The molecule has 0 bridgehead atoms. The minimum atomic E-state index is -4.01. The molecule has 354 valence electrons. The summed E-state index contributed by atoms with van der Waals surface area (Å²) in [4.78, 5) is 36.5. The minimum Gasteiger partial charge on any atom is -0.382 e. The number of rotatable bonds is 15. The van der Waals surface area contributed by atoms with E-state index >= 15 is 0 Å². The summed E-state index contributed by atoms with van der Waals surface area (Å²) in [6, 6.07) is 41.7. The van der Waals surface area contributed by atoms with Gasteiger partial charge in [0.25, 0.3) is 5.91 Å². The van der Waals surface area contributed by atoms with Crippen molar-refractivity contribution >= 4 is 71.4 Å². The molecule has 0 aliphatic heterocycles. The highest BCUT2D eigenvalue weighted by Gasteiger charge is 2.21. The van der Waals surface area contributed by atoms with Gasteiger partial charge in [-0.2, -0.15) is 16.8 Å². The maximum absolute atomic E-state index is 12.8. The van der Waals surface area contributed by atoms with Gasteiger partial charge in [0.2, 0.25) is 11.9 Å². The van der Waals surface area contributed by atoms with Crippen LogP contribution in [0.25, 0.3) is 22.1 Å². The molecule has 8 aromatic rings. The highest BCUT2D eigenvalue weighted by Crippen LogP contribution is 2.28. The first-order valence-corrected chi connectivity index (χ1v) is 25.5. The third kappa shape index (κ3) is 11.9. The quantitative estimate of drug-likeness (QED) is 0.0608. The fourth-order valence-electron chi connectivity index (χ4n) is 8.35. The van der Waals surface area contributed by atoms with Crippen molar-refractivity contribution in [3.8, 4) is 11.5 Å². The number of nitrogens with zero attached hydrogens (tertiary/aromatic N) is 3. The maximum atomic E-state index is 12.8. The summed E-state index contributed by atoms with van der Waals surface area (Å²) in [5.74, 6) is 0.0554. The van der Waals surface area contributed by atoms with Crippen LogP contribution < -0.4 is 29.7 Å². The Morgan fingerprint density at radius 3 is 1.74 bits per heavy atom. The summed E-state index contributed by atoms with van der Waals surface area (Å²) in [5.41, 5.74) is 8.21. The van der Waals surface area contributed by atoms with Crippen LogP contribution in [0.4, 0.5) is 17.3 Å². The molecule has 2 amide bonds. The number of nitrogens with one attached hydrogen (secondary N) is 5. The molecule has 2 saturated carbocycles. The Morgan fingerprint density at radius 1 is 0.623 bits per heavy atom. The number of aromatic amines is 1. The normalized spacial score (nSPS) is 14.2. The van der Waals surface area contributed by atoms with Crippen molar-refractivity contribution in [2.75, 3.05) is 21.4 Å². The van der Waals surface area contributed by atoms with E-state index < -0.39 is 20.2 Å². The second-order valence-electron chi connectivity index (χ2n) is 16.9. The largest absolute Gasteiger partial charge is 0.382 e. The minimum absolute atomic E-state index is 0.0741. The molecule has 0 unspecified atom stereocenters. The average molecular weight is 967 g/mol. The van der Waals surface area contributed by atoms with E-state index in [1.807, 2.05) is 36.4 Å². The third-order valence-electron chi connectivity index (χ3n) is 11.8. The van der Waals surface area contributed by atoms with E-state index in [0.29, 0.717) is 39.7 Å². The predicted molar refractivity (Wildman–Crippen MR) is 265 cm³/mol. The Balaban J connectivity index is 0.000000172. The van der Waals surface area contributed by atoms with Gasteiger partial charge in [-0.25, -0.2) is 14.6 Å². The Morgan fingerprint density at radius 2 is 1.16 bits per heavy atom. The van der Waals surface area contributed by atoms with E-state index in [9.17, 15) is 26.4 Å². The van der Waals surface area contributed by atoms with E-state index in [4.69, 9.17) is 8.37 Å². The fourth-order valence-corrected chi connectivity index (χ4v) is 10.2. The summed E-state index contributed by atoms with van der Waals surface area (Å²) in [7, 11) is -8.01. The molecule has 0 spiro atoms. The molecule has 69 heavy (non-hydrogen) atoms. The van der Waals surface area contributed by atoms with Crippen LogP contribution in [0.2, 0.25) is 0 Å². The highest BCUT2D eigenvalue weighted by atomic mass is 32.2. The first kappa shape index (κ1) is 46.4. The van der Waals surface area contributed by atoms with Gasteiger partial charge in [-0.1, -0.05) is 74.2 Å². The zero-order valence-electron chi connectivity index (χ0n) is 37.4. The van der Waals surface area contributed by atoms with Gasteiger partial charge in [0.05, 0.1) is 28.5 Å². The third-order valence-corrected chi connectivity index (χ3v) is 14.4. The molecule has 2 aromatic heterocycles. The number of aromatic nitrogens is 4. The zero-order valence-corrected chi connectivity index (χ0v) is 39.0. The maximum Gasteiger partial charge on any atom is 0.339 e. The molecular weight excluding hydrogens is 917 g/mol. The van der Waals surface area contributed by atoms with E-state index in [0.717, 1.165) is 42.6 Å². The van der Waals surface area contributed by atoms with Crippen LogP contribution in [-0.2, 0) is 31.5 Å². The van der Waals surface area contributed by atoms with Gasteiger partial charge >= 0.3 is 20.2 Å². The SMILES string of the molecule is O=C(Cc1ccccc1)Nn1cnc2cc(OS(=O)(=O)c3ccc(NC4CCCC4)cc3)ccc21.O=C(Nc1nc2ccc(OS(=O)(=O)c3ccc(NC4CCCC4)cc3)cc2[nH]1)c1ccccc1. The lowest BCUT2D eigenvalue weighted by atomic mass is 10.1. The molecule has 0 atom stereocenters. The van der Waals surface area contributed by atoms with Crippen LogP contribution >= 0.6 is 0 Å². The molecule has 10 rings (SSSR count). The van der Waals surface area contributed by atoms with Crippen LogP contribution in [0, 0.1) is 0 Å². The molecule has 2 heterocycles. The van der Waals surface area contributed by atoms with Crippen molar-refractivity contribution in [3.63, 3.8) is 0 Å². The number of hydrogen-bond acceptors (Lipinski definition) is 12. The Bertz CT molecular complexity index is 3280. The first-order chi connectivity index (χ1) is 33.4. The molecule has 2 aliphatic rings. The average Bonchev–Trinajstić information content (AvgIpc) is 4.20. The van der Waals surface area contributed by atoms with Crippen molar-refractivity contribution in [1.82, 2.24) is 19.6 Å². The Kier molecular flexibility index (Phi) is 13.9. The monoisotopic (exact) mass is 966 g/mol. The van der Waals surface area contributed by atoms with Crippen LogP contribution in [0.5, 0.6) is 11.5 Å². The number of hydrogen-bond donors (Lipinski definition) is 5. The second kappa shape index (κ2) is 20.7. The number of anilines is 3. The van der Waals surface area contributed by atoms with Crippen LogP contribution in [0.3, 0.4) is 0 Å². The first-order valence-electron chi connectivity index (χ1n) is 22.7. The van der Waals surface area contributed by atoms with Gasteiger partial charge in [0.15, 0.2) is 0 Å². The number of fused-ring (bicyclic) bond motifs is 2. The molecule has 16 nitrogen and oxygen atoms in total. The summed E-state index contributed by atoms with van der Waals surface area (Å²) in [6.07, 6.45) is 11.1. The Labute approximate surface area is 399 Å². The number of carbonyl (C=O) groups is 2. The zero-order chi connectivity index (χ0) is 47.8.